The van der Waals surface area contributed by atoms with Gasteiger partial charge in [-0.25, -0.2) is 27.8 Å². The zero-order valence-corrected chi connectivity index (χ0v) is 19.7. The van der Waals surface area contributed by atoms with Crippen LogP contribution in [0.2, 0.25) is 5.15 Å². The molecule has 0 spiro atoms. The monoisotopic (exact) mass is 496 g/mol. The van der Waals surface area contributed by atoms with Gasteiger partial charge in [-0.15, -0.1) is 0 Å². The molecule has 3 rings (SSSR count). The standard InChI is InChI=1S/C20H22ClFN6O4S/c1-11-8-27(20(30)12(2)22)9-17(28(11)33(4,31)32)13-5-15(26-18(21)6-13)14-7-16(19(29)23-3)25-10-24-14/h5-7,10-11,17H,2,8-9H2,1,3-4H3,(H,23,29)/t11-,17-/m0/s1. The summed E-state index contributed by atoms with van der Waals surface area (Å²) in [4.78, 5) is 37.7. The molecular weight excluding hydrogens is 475 g/mol. The molecule has 1 saturated heterocycles. The number of carbonyl (C=O) groups is 2. The number of pyridine rings is 1. The maximum atomic E-state index is 13.6. The van der Waals surface area contributed by atoms with Gasteiger partial charge in [-0.2, -0.15) is 4.31 Å². The lowest BCUT2D eigenvalue weighted by atomic mass is 10.0. The summed E-state index contributed by atoms with van der Waals surface area (Å²) >= 11 is 6.24. The number of carbonyl (C=O) groups excluding carboxylic acids is 2. The lowest BCUT2D eigenvalue weighted by molar-refractivity contribution is -0.131. The number of sulfonamides is 1. The van der Waals surface area contributed by atoms with E-state index in [9.17, 15) is 22.4 Å². The van der Waals surface area contributed by atoms with E-state index in [1.807, 2.05) is 0 Å². The van der Waals surface area contributed by atoms with E-state index < -0.39 is 39.7 Å². The topological polar surface area (TPSA) is 125 Å². The van der Waals surface area contributed by atoms with E-state index in [-0.39, 0.29) is 35.3 Å². The highest BCUT2D eigenvalue weighted by molar-refractivity contribution is 7.88. The van der Waals surface area contributed by atoms with Gasteiger partial charge in [0.05, 0.1) is 23.7 Å². The zero-order valence-electron chi connectivity index (χ0n) is 18.1. The van der Waals surface area contributed by atoms with Crippen LogP contribution in [0, 0.1) is 0 Å². The van der Waals surface area contributed by atoms with Crippen molar-refractivity contribution < 1.29 is 22.4 Å². The number of nitrogens with zero attached hydrogens (tertiary/aromatic N) is 5. The molecule has 1 fully saturated rings. The SMILES string of the molecule is C=C(F)C(=O)N1C[C@H](C)N(S(C)(=O)=O)[C@H](c2cc(Cl)nc(-c3cc(C(=O)NC)ncn3)c2)C1. The van der Waals surface area contributed by atoms with Gasteiger partial charge in [0, 0.05) is 26.2 Å². The molecule has 1 aliphatic heterocycles. The van der Waals surface area contributed by atoms with Gasteiger partial charge in [0.2, 0.25) is 10.0 Å². The van der Waals surface area contributed by atoms with Gasteiger partial charge < -0.3 is 10.2 Å². The Kier molecular flexibility index (Phi) is 7.10. The smallest absolute Gasteiger partial charge is 0.282 e. The number of amides is 2. The lowest BCUT2D eigenvalue weighted by Crippen LogP contribution is -2.56. The molecule has 10 nitrogen and oxygen atoms in total. The molecule has 176 valence electrons. The van der Waals surface area contributed by atoms with Crippen molar-refractivity contribution in [1.29, 1.82) is 0 Å². The van der Waals surface area contributed by atoms with E-state index in [1.54, 1.807) is 13.0 Å². The van der Waals surface area contributed by atoms with Crippen molar-refractivity contribution in [2.75, 3.05) is 26.4 Å². The minimum Gasteiger partial charge on any atom is -0.354 e. The van der Waals surface area contributed by atoms with Crippen LogP contribution in [0.1, 0.15) is 29.0 Å². The highest BCUT2D eigenvalue weighted by atomic mass is 35.5. The number of piperazine rings is 1. The molecule has 0 radical (unpaired) electrons. The minimum absolute atomic E-state index is 0.00157. The number of aromatic nitrogens is 3. The number of rotatable bonds is 5. The van der Waals surface area contributed by atoms with Gasteiger partial charge in [-0.1, -0.05) is 18.2 Å². The van der Waals surface area contributed by atoms with Crippen LogP contribution >= 0.6 is 11.6 Å². The first-order valence-corrected chi connectivity index (χ1v) is 12.0. The maximum absolute atomic E-state index is 13.6. The van der Waals surface area contributed by atoms with Crippen molar-refractivity contribution in [2.24, 2.45) is 0 Å². The number of hydrogen-bond acceptors (Lipinski definition) is 7. The molecule has 2 aromatic heterocycles. The number of halogens is 2. The number of nitrogens with one attached hydrogen (secondary N) is 1. The van der Waals surface area contributed by atoms with Crippen LogP contribution in [0.15, 0.2) is 36.9 Å². The fraction of sp³-hybridized carbons (Fsp3) is 0.350. The maximum Gasteiger partial charge on any atom is 0.282 e. The predicted octanol–water partition coefficient (Wildman–Crippen LogP) is 1.57. The average Bonchev–Trinajstić information content (AvgIpc) is 2.76. The van der Waals surface area contributed by atoms with Crippen LogP contribution in [0.3, 0.4) is 0 Å². The van der Waals surface area contributed by atoms with Gasteiger partial charge in [0.25, 0.3) is 11.8 Å². The van der Waals surface area contributed by atoms with Crippen molar-refractivity contribution in [1.82, 2.24) is 29.5 Å². The summed E-state index contributed by atoms with van der Waals surface area (Å²) < 4.78 is 40.0. The van der Waals surface area contributed by atoms with Gasteiger partial charge in [-0.3, -0.25) is 9.59 Å². The Hall–Kier alpha value is -2.96. The average molecular weight is 497 g/mol. The lowest BCUT2D eigenvalue weighted by Gasteiger charge is -2.44. The molecule has 0 saturated carbocycles. The van der Waals surface area contributed by atoms with E-state index in [4.69, 9.17) is 11.6 Å². The van der Waals surface area contributed by atoms with E-state index in [0.717, 1.165) is 6.26 Å². The van der Waals surface area contributed by atoms with Crippen molar-refractivity contribution in [3.05, 3.63) is 53.3 Å². The minimum atomic E-state index is -3.72. The molecule has 0 aliphatic carbocycles. The van der Waals surface area contributed by atoms with Crippen LogP contribution in [0.4, 0.5) is 4.39 Å². The van der Waals surface area contributed by atoms with E-state index in [2.05, 4.69) is 26.8 Å². The Labute approximate surface area is 195 Å². The van der Waals surface area contributed by atoms with E-state index in [0.29, 0.717) is 5.56 Å². The van der Waals surface area contributed by atoms with Gasteiger partial charge in [0.1, 0.15) is 17.2 Å². The Morgan fingerprint density at radius 2 is 1.91 bits per heavy atom. The summed E-state index contributed by atoms with van der Waals surface area (Å²) in [6.45, 7) is 4.55. The molecule has 2 amide bonds. The summed E-state index contributed by atoms with van der Waals surface area (Å²) in [5.74, 6) is -2.47. The fourth-order valence-electron chi connectivity index (χ4n) is 3.81. The molecule has 0 bridgehead atoms. The first-order chi connectivity index (χ1) is 15.4. The Morgan fingerprint density at radius 1 is 1.21 bits per heavy atom. The second-order valence-corrected chi connectivity index (χ2v) is 9.82. The third-order valence-corrected chi connectivity index (χ3v) is 6.69. The normalized spacial score (nSPS) is 19.2. The largest absolute Gasteiger partial charge is 0.354 e. The summed E-state index contributed by atoms with van der Waals surface area (Å²) in [6.07, 6.45) is 2.26. The van der Waals surface area contributed by atoms with Crippen molar-refractivity contribution >= 4 is 33.4 Å². The molecule has 13 heteroatoms. The van der Waals surface area contributed by atoms with E-state index >= 15 is 0 Å². The van der Waals surface area contributed by atoms with Crippen LogP contribution in [0.25, 0.3) is 11.4 Å². The first-order valence-electron chi connectivity index (χ1n) is 9.76. The Bertz CT molecular complexity index is 1220. The molecule has 0 aromatic carbocycles. The molecule has 33 heavy (non-hydrogen) atoms. The quantitative estimate of drug-likeness (QED) is 0.492. The second kappa shape index (κ2) is 9.49. The van der Waals surface area contributed by atoms with E-state index in [1.165, 1.54) is 34.7 Å². The molecule has 2 aromatic rings. The molecule has 1 aliphatic rings. The Balaban J connectivity index is 2.10. The highest BCUT2D eigenvalue weighted by Gasteiger charge is 2.41. The molecular formula is C20H22ClFN6O4S. The van der Waals surface area contributed by atoms with Crippen LogP contribution in [-0.2, 0) is 14.8 Å². The van der Waals surface area contributed by atoms with Crippen LogP contribution in [0.5, 0.6) is 0 Å². The van der Waals surface area contributed by atoms with Crippen LogP contribution in [-0.4, -0.2) is 76.8 Å². The summed E-state index contributed by atoms with van der Waals surface area (Å²) in [7, 11) is -2.25. The highest BCUT2D eigenvalue weighted by Crippen LogP contribution is 2.34. The first kappa shape index (κ1) is 24.7. The van der Waals surface area contributed by atoms with Crippen LogP contribution < -0.4 is 5.32 Å². The van der Waals surface area contributed by atoms with Crippen molar-refractivity contribution in [3.8, 4) is 11.4 Å². The summed E-state index contributed by atoms with van der Waals surface area (Å²) in [6, 6.07) is 2.94. The molecule has 0 unspecified atom stereocenters. The molecule has 1 N–H and O–H groups in total. The summed E-state index contributed by atoms with van der Waals surface area (Å²) in [5.41, 5.74) is 1.08. The van der Waals surface area contributed by atoms with Gasteiger partial charge in [-0.05, 0) is 30.7 Å². The summed E-state index contributed by atoms with van der Waals surface area (Å²) in [5, 5.41) is 2.51. The number of hydrogen-bond donors (Lipinski definition) is 1. The molecule has 2 atom stereocenters. The molecule has 3 heterocycles. The van der Waals surface area contributed by atoms with Crippen molar-refractivity contribution in [3.63, 3.8) is 0 Å². The second-order valence-electron chi connectivity index (χ2n) is 7.55. The van der Waals surface area contributed by atoms with Crippen molar-refractivity contribution in [2.45, 2.75) is 19.0 Å². The fourth-order valence-corrected chi connectivity index (χ4v) is 5.40. The van der Waals surface area contributed by atoms with Gasteiger partial charge >= 0.3 is 0 Å². The third-order valence-electron chi connectivity index (χ3n) is 5.11. The third kappa shape index (κ3) is 5.34. The Morgan fingerprint density at radius 3 is 2.52 bits per heavy atom. The predicted molar refractivity (Wildman–Crippen MR) is 119 cm³/mol. The zero-order chi connectivity index (χ0) is 24.5. The van der Waals surface area contributed by atoms with Gasteiger partial charge in [0.15, 0.2) is 5.83 Å².